The second kappa shape index (κ2) is 3.55. The Balaban J connectivity index is 2.45. The molecule has 0 aliphatic carbocycles. The molecule has 1 aromatic rings. The van der Waals surface area contributed by atoms with Gasteiger partial charge in [0.25, 0.3) is 0 Å². The average molecular weight is 151 g/mol. The van der Waals surface area contributed by atoms with E-state index in [1.165, 1.54) is 0 Å². The summed E-state index contributed by atoms with van der Waals surface area (Å²) in [4.78, 5) is 9.81. The standard InChI is InChI=1S/C7H7N2O2/c10-9(11)8-6-7-4-2-1-3-5-7/h1-5H,6H2. The van der Waals surface area contributed by atoms with E-state index in [2.05, 4.69) is 5.43 Å². The molecule has 1 radical (unpaired) electrons. The van der Waals surface area contributed by atoms with E-state index in [-0.39, 0.29) is 6.54 Å². The number of benzene rings is 1. The summed E-state index contributed by atoms with van der Waals surface area (Å²) >= 11 is 0. The Hall–Kier alpha value is -1.58. The van der Waals surface area contributed by atoms with Gasteiger partial charge in [-0.25, -0.2) is 10.1 Å². The zero-order valence-corrected chi connectivity index (χ0v) is 5.80. The molecule has 0 aliphatic rings. The lowest BCUT2D eigenvalue weighted by Crippen LogP contribution is -2.11. The predicted molar refractivity (Wildman–Crippen MR) is 39.3 cm³/mol. The quantitative estimate of drug-likeness (QED) is 0.477. The molecule has 1 rings (SSSR count). The first-order valence-electron chi connectivity index (χ1n) is 3.15. The summed E-state index contributed by atoms with van der Waals surface area (Å²) < 4.78 is 0. The van der Waals surface area contributed by atoms with E-state index in [0.717, 1.165) is 5.56 Å². The SMILES string of the molecule is O=[N+]([O-])[N]Cc1ccccc1. The third kappa shape index (κ3) is 2.66. The zero-order valence-electron chi connectivity index (χ0n) is 5.80. The van der Waals surface area contributed by atoms with E-state index < -0.39 is 5.03 Å². The molecule has 1 aromatic carbocycles. The van der Waals surface area contributed by atoms with Crippen LogP contribution in [0.4, 0.5) is 0 Å². The lowest BCUT2D eigenvalue weighted by Gasteiger charge is -1.92. The van der Waals surface area contributed by atoms with E-state index in [9.17, 15) is 10.1 Å². The third-order valence-corrected chi connectivity index (χ3v) is 1.21. The molecule has 57 valence electrons. The number of rotatable bonds is 3. The molecule has 0 spiro atoms. The molecule has 0 atom stereocenters. The van der Waals surface area contributed by atoms with E-state index in [1.807, 2.05) is 18.2 Å². The Bertz CT molecular complexity index is 235. The Morgan fingerprint density at radius 1 is 1.36 bits per heavy atom. The molecular formula is C7H7N2O2. The molecule has 0 N–H and O–H groups in total. The molecule has 0 aliphatic heterocycles. The fourth-order valence-electron chi connectivity index (χ4n) is 0.723. The van der Waals surface area contributed by atoms with Crippen molar-refractivity contribution in [1.82, 2.24) is 5.43 Å². The molecule has 4 nitrogen and oxygen atoms in total. The number of hydrogen-bond donors (Lipinski definition) is 0. The van der Waals surface area contributed by atoms with Gasteiger partial charge in [0.1, 0.15) is 6.54 Å². The largest absolute Gasteiger partial charge is 0.233 e. The van der Waals surface area contributed by atoms with E-state index in [1.54, 1.807) is 12.1 Å². The smallest absolute Gasteiger partial charge is 0.186 e. The number of hydrogen-bond acceptors (Lipinski definition) is 2. The minimum Gasteiger partial charge on any atom is -0.233 e. The fraction of sp³-hybridized carbons (Fsp3) is 0.143. The van der Waals surface area contributed by atoms with Gasteiger partial charge < -0.3 is 0 Å². The topological polar surface area (TPSA) is 57.2 Å². The van der Waals surface area contributed by atoms with Crippen molar-refractivity contribution in [3.63, 3.8) is 0 Å². The lowest BCUT2D eigenvalue weighted by molar-refractivity contribution is -0.552. The summed E-state index contributed by atoms with van der Waals surface area (Å²) in [6.07, 6.45) is 0. The summed E-state index contributed by atoms with van der Waals surface area (Å²) in [7, 11) is 0. The first-order valence-corrected chi connectivity index (χ1v) is 3.15. The molecule has 4 heteroatoms. The lowest BCUT2D eigenvalue weighted by atomic mass is 10.2. The van der Waals surface area contributed by atoms with E-state index in [0.29, 0.717) is 0 Å². The number of nitrogens with zero attached hydrogens (tertiary/aromatic N) is 2. The van der Waals surface area contributed by atoms with E-state index in [4.69, 9.17) is 0 Å². The molecule has 0 bridgehead atoms. The molecule has 0 unspecified atom stereocenters. The minimum absolute atomic E-state index is 0.147. The molecule has 0 saturated heterocycles. The van der Waals surface area contributed by atoms with Crippen LogP contribution in [0.3, 0.4) is 0 Å². The Labute approximate surface area is 64.0 Å². The number of nitro groups is 1. The maximum absolute atomic E-state index is 9.81. The molecular weight excluding hydrogens is 144 g/mol. The highest BCUT2D eigenvalue weighted by molar-refractivity contribution is 5.13. The highest BCUT2D eigenvalue weighted by atomic mass is 16.7. The van der Waals surface area contributed by atoms with Crippen molar-refractivity contribution < 1.29 is 5.03 Å². The maximum atomic E-state index is 9.81. The summed E-state index contributed by atoms with van der Waals surface area (Å²) in [5, 5.41) is 9.14. The second-order valence-corrected chi connectivity index (χ2v) is 2.02. The minimum atomic E-state index is -0.674. The van der Waals surface area contributed by atoms with Crippen LogP contribution in [-0.2, 0) is 6.54 Å². The van der Waals surface area contributed by atoms with E-state index >= 15 is 0 Å². The van der Waals surface area contributed by atoms with Crippen LogP contribution >= 0.6 is 0 Å². The van der Waals surface area contributed by atoms with Gasteiger partial charge in [-0.05, 0) is 5.56 Å². The van der Waals surface area contributed by atoms with Crippen molar-refractivity contribution in [1.29, 1.82) is 0 Å². The van der Waals surface area contributed by atoms with Crippen molar-refractivity contribution in [2.24, 2.45) is 0 Å². The Morgan fingerprint density at radius 2 is 2.00 bits per heavy atom. The van der Waals surface area contributed by atoms with Crippen LogP contribution in [0.2, 0.25) is 0 Å². The highest BCUT2D eigenvalue weighted by Gasteiger charge is 1.98. The summed E-state index contributed by atoms with van der Waals surface area (Å²) in [5.74, 6) is 0. The van der Waals surface area contributed by atoms with Gasteiger partial charge >= 0.3 is 0 Å². The van der Waals surface area contributed by atoms with Gasteiger partial charge in [0, 0.05) is 5.43 Å². The van der Waals surface area contributed by atoms with Gasteiger partial charge in [0.15, 0.2) is 5.03 Å². The zero-order chi connectivity index (χ0) is 8.10. The van der Waals surface area contributed by atoms with Crippen LogP contribution in [0, 0.1) is 10.1 Å². The molecule has 0 amide bonds. The maximum Gasteiger partial charge on any atom is 0.186 e. The normalized spacial score (nSPS) is 9.09. The molecule has 0 saturated carbocycles. The summed E-state index contributed by atoms with van der Waals surface area (Å²) in [6.45, 7) is 0.147. The Morgan fingerprint density at radius 3 is 2.55 bits per heavy atom. The van der Waals surface area contributed by atoms with Gasteiger partial charge in [0.05, 0.1) is 0 Å². The third-order valence-electron chi connectivity index (χ3n) is 1.21. The average Bonchev–Trinajstić information content (AvgIpc) is 2.03. The van der Waals surface area contributed by atoms with Crippen molar-refractivity contribution in [2.75, 3.05) is 0 Å². The molecule has 11 heavy (non-hydrogen) atoms. The Kier molecular flexibility index (Phi) is 2.43. The molecule has 0 heterocycles. The first-order chi connectivity index (χ1) is 5.29. The van der Waals surface area contributed by atoms with Crippen molar-refractivity contribution in [2.45, 2.75) is 6.54 Å². The van der Waals surface area contributed by atoms with Crippen molar-refractivity contribution in [3.05, 3.63) is 46.0 Å². The van der Waals surface area contributed by atoms with Crippen LogP contribution in [0.15, 0.2) is 30.3 Å². The van der Waals surface area contributed by atoms with Gasteiger partial charge in [-0.2, -0.15) is 0 Å². The summed E-state index contributed by atoms with van der Waals surface area (Å²) in [6, 6.07) is 9.10. The van der Waals surface area contributed by atoms with Crippen LogP contribution in [0.25, 0.3) is 0 Å². The fourth-order valence-corrected chi connectivity index (χ4v) is 0.723. The van der Waals surface area contributed by atoms with Crippen LogP contribution in [0.1, 0.15) is 5.56 Å². The van der Waals surface area contributed by atoms with Gasteiger partial charge in [-0.1, -0.05) is 30.3 Å². The highest BCUT2D eigenvalue weighted by Crippen LogP contribution is 1.97. The van der Waals surface area contributed by atoms with Crippen LogP contribution < -0.4 is 5.43 Å². The van der Waals surface area contributed by atoms with Crippen molar-refractivity contribution in [3.8, 4) is 0 Å². The van der Waals surface area contributed by atoms with Crippen LogP contribution in [-0.4, -0.2) is 5.03 Å². The summed E-state index contributed by atoms with van der Waals surface area (Å²) in [5.41, 5.74) is 3.97. The van der Waals surface area contributed by atoms with Gasteiger partial charge in [0.2, 0.25) is 0 Å². The first kappa shape index (κ1) is 7.53. The predicted octanol–water partition coefficient (Wildman–Crippen LogP) is 0.983. The van der Waals surface area contributed by atoms with Gasteiger partial charge in [-0.15, -0.1) is 0 Å². The van der Waals surface area contributed by atoms with Crippen LogP contribution in [0.5, 0.6) is 0 Å². The van der Waals surface area contributed by atoms with Gasteiger partial charge in [-0.3, -0.25) is 0 Å². The molecule has 0 fully saturated rings. The van der Waals surface area contributed by atoms with Crippen molar-refractivity contribution >= 4 is 0 Å². The second-order valence-electron chi connectivity index (χ2n) is 2.02. The molecule has 0 aromatic heterocycles. The monoisotopic (exact) mass is 151 g/mol.